The van der Waals surface area contributed by atoms with Crippen LogP contribution < -0.4 is 10.5 Å². The smallest absolute Gasteiger partial charge is 0.119 e. The SMILES string of the molecule is CC(C)Oc1ccc(C(N)C2(C)CC2)cc1. The number of hydrogen-bond donors (Lipinski definition) is 1. The highest BCUT2D eigenvalue weighted by atomic mass is 16.5. The molecule has 0 saturated heterocycles. The normalized spacial score (nSPS) is 19.6. The van der Waals surface area contributed by atoms with Crippen molar-refractivity contribution < 1.29 is 4.74 Å². The number of hydrogen-bond acceptors (Lipinski definition) is 2. The van der Waals surface area contributed by atoms with Crippen molar-refractivity contribution in [3.8, 4) is 5.75 Å². The summed E-state index contributed by atoms with van der Waals surface area (Å²) in [5.41, 5.74) is 7.80. The maximum Gasteiger partial charge on any atom is 0.119 e. The third-order valence-electron chi connectivity index (χ3n) is 3.40. The molecule has 0 amide bonds. The highest BCUT2D eigenvalue weighted by molar-refractivity contribution is 5.31. The predicted octanol–water partition coefficient (Wildman–Crippen LogP) is 3.27. The Morgan fingerprint density at radius 1 is 1.19 bits per heavy atom. The average Bonchev–Trinajstić information content (AvgIpc) is 2.97. The molecule has 0 heterocycles. The van der Waals surface area contributed by atoms with Gasteiger partial charge in [0, 0.05) is 6.04 Å². The first-order chi connectivity index (χ1) is 7.51. The highest BCUT2D eigenvalue weighted by Gasteiger charge is 2.43. The Morgan fingerprint density at radius 3 is 2.19 bits per heavy atom. The Kier molecular flexibility index (Phi) is 2.94. The quantitative estimate of drug-likeness (QED) is 0.843. The zero-order valence-electron chi connectivity index (χ0n) is 10.4. The lowest BCUT2D eigenvalue weighted by molar-refractivity contribution is 0.242. The molecule has 2 heteroatoms. The van der Waals surface area contributed by atoms with E-state index >= 15 is 0 Å². The summed E-state index contributed by atoms with van der Waals surface area (Å²) in [5.74, 6) is 0.923. The molecular weight excluding hydrogens is 198 g/mol. The van der Waals surface area contributed by atoms with Crippen LogP contribution in [0.1, 0.15) is 45.2 Å². The minimum absolute atomic E-state index is 0.167. The van der Waals surface area contributed by atoms with Gasteiger partial charge in [-0.3, -0.25) is 0 Å². The molecule has 1 aromatic carbocycles. The lowest BCUT2D eigenvalue weighted by Crippen LogP contribution is -2.19. The lowest BCUT2D eigenvalue weighted by atomic mass is 9.93. The molecule has 0 aliphatic heterocycles. The first-order valence-corrected chi connectivity index (χ1v) is 6.03. The van der Waals surface area contributed by atoms with E-state index in [1.54, 1.807) is 0 Å². The monoisotopic (exact) mass is 219 g/mol. The van der Waals surface area contributed by atoms with Gasteiger partial charge in [-0.05, 0) is 49.8 Å². The van der Waals surface area contributed by atoms with E-state index in [1.807, 2.05) is 26.0 Å². The van der Waals surface area contributed by atoms with Crippen LogP contribution in [0.15, 0.2) is 24.3 Å². The zero-order valence-corrected chi connectivity index (χ0v) is 10.4. The molecule has 1 aliphatic rings. The standard InChI is InChI=1S/C14H21NO/c1-10(2)16-12-6-4-11(5-7-12)13(15)14(3)8-9-14/h4-7,10,13H,8-9,15H2,1-3H3. The van der Waals surface area contributed by atoms with Gasteiger partial charge in [0.05, 0.1) is 6.10 Å². The molecular formula is C14H21NO. The van der Waals surface area contributed by atoms with Crippen LogP contribution in [0, 0.1) is 5.41 Å². The summed E-state index contributed by atoms with van der Waals surface area (Å²) in [4.78, 5) is 0. The summed E-state index contributed by atoms with van der Waals surface area (Å²) in [6.45, 7) is 6.33. The Labute approximate surface area is 97.8 Å². The summed E-state index contributed by atoms with van der Waals surface area (Å²) in [7, 11) is 0. The van der Waals surface area contributed by atoms with Crippen LogP contribution in [-0.2, 0) is 0 Å². The Bertz CT molecular complexity index is 352. The van der Waals surface area contributed by atoms with Gasteiger partial charge in [0.1, 0.15) is 5.75 Å². The van der Waals surface area contributed by atoms with Crippen LogP contribution >= 0.6 is 0 Å². The summed E-state index contributed by atoms with van der Waals surface area (Å²) < 4.78 is 5.61. The molecule has 1 saturated carbocycles. The molecule has 2 rings (SSSR count). The predicted molar refractivity (Wildman–Crippen MR) is 66.5 cm³/mol. The van der Waals surface area contributed by atoms with Crippen LogP contribution in [0.4, 0.5) is 0 Å². The maximum absolute atomic E-state index is 6.25. The Hall–Kier alpha value is -1.02. The van der Waals surface area contributed by atoms with E-state index in [4.69, 9.17) is 10.5 Å². The fraction of sp³-hybridized carbons (Fsp3) is 0.571. The third kappa shape index (κ3) is 2.38. The van der Waals surface area contributed by atoms with E-state index in [0.29, 0.717) is 5.41 Å². The summed E-state index contributed by atoms with van der Waals surface area (Å²) in [6, 6.07) is 8.38. The maximum atomic E-state index is 6.25. The fourth-order valence-electron chi connectivity index (χ4n) is 1.94. The molecule has 1 aliphatic carbocycles. The Morgan fingerprint density at radius 2 is 1.75 bits per heavy atom. The lowest BCUT2D eigenvalue weighted by Gasteiger charge is -2.19. The summed E-state index contributed by atoms with van der Waals surface area (Å²) >= 11 is 0. The molecule has 2 N–H and O–H groups in total. The van der Waals surface area contributed by atoms with Crippen molar-refractivity contribution in [2.75, 3.05) is 0 Å². The average molecular weight is 219 g/mol. The molecule has 0 radical (unpaired) electrons. The largest absolute Gasteiger partial charge is 0.491 e. The molecule has 1 atom stereocenters. The zero-order chi connectivity index (χ0) is 11.8. The highest BCUT2D eigenvalue weighted by Crippen LogP contribution is 2.53. The Balaban J connectivity index is 2.07. The van der Waals surface area contributed by atoms with E-state index in [-0.39, 0.29) is 12.1 Å². The molecule has 16 heavy (non-hydrogen) atoms. The second kappa shape index (κ2) is 4.10. The van der Waals surface area contributed by atoms with Gasteiger partial charge in [-0.15, -0.1) is 0 Å². The van der Waals surface area contributed by atoms with E-state index < -0.39 is 0 Å². The van der Waals surface area contributed by atoms with Crippen molar-refractivity contribution in [1.29, 1.82) is 0 Å². The molecule has 0 bridgehead atoms. The number of rotatable bonds is 4. The van der Waals surface area contributed by atoms with Crippen LogP contribution in [-0.4, -0.2) is 6.10 Å². The van der Waals surface area contributed by atoms with Crippen molar-refractivity contribution in [2.45, 2.75) is 45.8 Å². The van der Waals surface area contributed by atoms with Crippen molar-refractivity contribution >= 4 is 0 Å². The van der Waals surface area contributed by atoms with Crippen LogP contribution in [0.25, 0.3) is 0 Å². The number of ether oxygens (including phenoxy) is 1. The van der Waals surface area contributed by atoms with Gasteiger partial charge in [0.2, 0.25) is 0 Å². The van der Waals surface area contributed by atoms with Crippen molar-refractivity contribution in [1.82, 2.24) is 0 Å². The summed E-state index contributed by atoms with van der Waals surface area (Å²) in [6.07, 6.45) is 2.72. The van der Waals surface area contributed by atoms with Crippen LogP contribution in [0.2, 0.25) is 0 Å². The van der Waals surface area contributed by atoms with Gasteiger partial charge in [-0.2, -0.15) is 0 Å². The topological polar surface area (TPSA) is 35.2 Å². The molecule has 0 aromatic heterocycles. The van der Waals surface area contributed by atoms with E-state index in [9.17, 15) is 0 Å². The van der Waals surface area contributed by atoms with Crippen LogP contribution in [0.5, 0.6) is 5.75 Å². The van der Waals surface area contributed by atoms with E-state index in [2.05, 4.69) is 19.1 Å². The molecule has 1 fully saturated rings. The first kappa shape index (κ1) is 11.5. The van der Waals surface area contributed by atoms with E-state index in [0.717, 1.165) is 5.75 Å². The number of nitrogens with two attached hydrogens (primary N) is 1. The molecule has 0 spiro atoms. The van der Waals surface area contributed by atoms with Gasteiger partial charge in [-0.1, -0.05) is 19.1 Å². The molecule has 1 aromatic rings. The second-order valence-electron chi connectivity index (χ2n) is 5.37. The van der Waals surface area contributed by atoms with Gasteiger partial charge in [0.15, 0.2) is 0 Å². The second-order valence-corrected chi connectivity index (χ2v) is 5.37. The van der Waals surface area contributed by atoms with Crippen molar-refractivity contribution in [3.05, 3.63) is 29.8 Å². The van der Waals surface area contributed by atoms with Gasteiger partial charge >= 0.3 is 0 Å². The van der Waals surface area contributed by atoms with Gasteiger partial charge in [-0.25, -0.2) is 0 Å². The minimum atomic E-state index is 0.167. The number of benzene rings is 1. The van der Waals surface area contributed by atoms with Gasteiger partial charge < -0.3 is 10.5 Å². The van der Waals surface area contributed by atoms with Gasteiger partial charge in [0.25, 0.3) is 0 Å². The molecule has 88 valence electrons. The third-order valence-corrected chi connectivity index (χ3v) is 3.40. The first-order valence-electron chi connectivity index (χ1n) is 6.03. The summed E-state index contributed by atoms with van der Waals surface area (Å²) in [5, 5.41) is 0. The fourth-order valence-corrected chi connectivity index (χ4v) is 1.94. The van der Waals surface area contributed by atoms with E-state index in [1.165, 1.54) is 18.4 Å². The molecule has 2 nitrogen and oxygen atoms in total. The van der Waals surface area contributed by atoms with Crippen molar-refractivity contribution in [3.63, 3.8) is 0 Å². The van der Waals surface area contributed by atoms with Crippen LogP contribution in [0.3, 0.4) is 0 Å². The molecule has 1 unspecified atom stereocenters. The van der Waals surface area contributed by atoms with Crippen molar-refractivity contribution in [2.24, 2.45) is 11.1 Å². The minimum Gasteiger partial charge on any atom is -0.491 e.